The number of ketones is 1. The third-order valence-corrected chi connectivity index (χ3v) is 4.10. The molecule has 5 nitrogen and oxygen atoms in total. The van der Waals surface area contributed by atoms with Crippen molar-refractivity contribution in [3.8, 4) is 0 Å². The SMILES string of the molecule is CCOC(=O)[C@@H]1C(=O)C(=O)N(c2ccccc2)[C@H]1c1ccccc1F. The molecule has 0 bridgehead atoms. The van der Waals surface area contributed by atoms with Crippen molar-refractivity contribution in [3.05, 3.63) is 66.0 Å². The zero-order valence-corrected chi connectivity index (χ0v) is 13.5. The van der Waals surface area contributed by atoms with Gasteiger partial charge in [-0.25, -0.2) is 4.39 Å². The Morgan fingerprint density at radius 1 is 1.08 bits per heavy atom. The van der Waals surface area contributed by atoms with E-state index < -0.39 is 35.4 Å². The Balaban J connectivity index is 2.16. The van der Waals surface area contributed by atoms with Crippen LogP contribution in [0.1, 0.15) is 18.5 Å². The normalized spacial score (nSPS) is 20.0. The molecule has 128 valence electrons. The monoisotopic (exact) mass is 341 g/mol. The Hall–Kier alpha value is -3.02. The number of hydrogen-bond donors (Lipinski definition) is 0. The molecular weight excluding hydrogens is 325 g/mol. The first-order valence-electron chi connectivity index (χ1n) is 7.89. The van der Waals surface area contributed by atoms with Crippen LogP contribution in [0.25, 0.3) is 0 Å². The Morgan fingerprint density at radius 2 is 1.72 bits per heavy atom. The zero-order chi connectivity index (χ0) is 18.0. The number of anilines is 1. The molecule has 0 unspecified atom stereocenters. The average Bonchev–Trinajstić information content (AvgIpc) is 2.88. The predicted molar refractivity (Wildman–Crippen MR) is 88.2 cm³/mol. The highest BCUT2D eigenvalue weighted by molar-refractivity contribution is 6.47. The lowest BCUT2D eigenvalue weighted by Gasteiger charge is -2.27. The number of carbonyl (C=O) groups is 3. The highest BCUT2D eigenvalue weighted by Gasteiger charge is 2.53. The second-order valence-corrected chi connectivity index (χ2v) is 5.57. The van der Waals surface area contributed by atoms with Gasteiger partial charge in [0.2, 0.25) is 5.78 Å². The van der Waals surface area contributed by atoms with Crippen LogP contribution in [0.4, 0.5) is 10.1 Å². The van der Waals surface area contributed by atoms with Gasteiger partial charge in [-0.3, -0.25) is 19.3 Å². The molecule has 2 atom stereocenters. The molecule has 0 aromatic heterocycles. The molecule has 1 fully saturated rings. The van der Waals surface area contributed by atoms with Crippen LogP contribution >= 0.6 is 0 Å². The van der Waals surface area contributed by atoms with E-state index in [9.17, 15) is 18.8 Å². The van der Waals surface area contributed by atoms with Crippen LogP contribution in [-0.4, -0.2) is 24.3 Å². The van der Waals surface area contributed by atoms with Gasteiger partial charge in [-0.1, -0.05) is 36.4 Å². The molecule has 0 spiro atoms. The molecule has 1 amide bonds. The maximum atomic E-state index is 14.4. The summed E-state index contributed by atoms with van der Waals surface area (Å²) in [6.07, 6.45) is 0. The average molecular weight is 341 g/mol. The summed E-state index contributed by atoms with van der Waals surface area (Å²) >= 11 is 0. The van der Waals surface area contributed by atoms with Crippen molar-refractivity contribution in [1.29, 1.82) is 0 Å². The lowest BCUT2D eigenvalue weighted by molar-refractivity contribution is -0.152. The predicted octanol–water partition coefficient (Wildman–Crippen LogP) is 2.66. The second-order valence-electron chi connectivity index (χ2n) is 5.57. The third kappa shape index (κ3) is 2.91. The van der Waals surface area contributed by atoms with E-state index in [0.29, 0.717) is 5.69 Å². The van der Waals surface area contributed by atoms with Crippen LogP contribution < -0.4 is 4.90 Å². The molecule has 3 rings (SSSR count). The summed E-state index contributed by atoms with van der Waals surface area (Å²) < 4.78 is 19.4. The van der Waals surface area contributed by atoms with Crippen LogP contribution in [0.15, 0.2) is 54.6 Å². The number of ether oxygens (including phenoxy) is 1. The van der Waals surface area contributed by atoms with Crippen molar-refractivity contribution in [3.63, 3.8) is 0 Å². The van der Waals surface area contributed by atoms with Crippen molar-refractivity contribution >= 4 is 23.3 Å². The highest BCUT2D eigenvalue weighted by Crippen LogP contribution is 2.41. The van der Waals surface area contributed by atoms with Gasteiger partial charge in [-0.15, -0.1) is 0 Å². The van der Waals surface area contributed by atoms with Gasteiger partial charge in [-0.05, 0) is 25.1 Å². The Bertz CT molecular complexity index is 821. The minimum absolute atomic E-state index is 0.0616. The molecule has 25 heavy (non-hydrogen) atoms. The van der Waals surface area contributed by atoms with Gasteiger partial charge in [0.15, 0.2) is 0 Å². The summed E-state index contributed by atoms with van der Waals surface area (Å²) in [6.45, 7) is 1.67. The molecule has 6 heteroatoms. The van der Waals surface area contributed by atoms with Gasteiger partial charge in [-0.2, -0.15) is 0 Å². The topological polar surface area (TPSA) is 63.7 Å². The standard InChI is InChI=1S/C19H16FNO4/c1-2-25-19(24)15-16(13-10-6-7-11-14(13)20)21(18(23)17(15)22)12-8-4-3-5-9-12/h3-11,15-16H,2H2,1H3/t15-,16-/m0/s1. The smallest absolute Gasteiger partial charge is 0.319 e. The van der Waals surface area contributed by atoms with Crippen LogP contribution in [0, 0.1) is 11.7 Å². The number of carbonyl (C=O) groups excluding carboxylic acids is 3. The number of Topliss-reactive ketones (excluding diaryl/α,β-unsaturated/α-hetero) is 1. The number of esters is 1. The minimum Gasteiger partial charge on any atom is -0.465 e. The van der Waals surface area contributed by atoms with Crippen molar-refractivity contribution in [1.82, 2.24) is 0 Å². The van der Waals surface area contributed by atoms with E-state index in [1.54, 1.807) is 43.3 Å². The van der Waals surface area contributed by atoms with Crippen molar-refractivity contribution in [2.75, 3.05) is 11.5 Å². The largest absolute Gasteiger partial charge is 0.465 e. The number of para-hydroxylation sites is 1. The van der Waals surface area contributed by atoms with E-state index in [1.807, 2.05) is 0 Å². The molecule has 0 saturated carbocycles. The zero-order valence-electron chi connectivity index (χ0n) is 13.5. The molecular formula is C19H16FNO4. The quantitative estimate of drug-likeness (QED) is 0.487. The number of benzene rings is 2. The number of amides is 1. The Morgan fingerprint density at radius 3 is 2.36 bits per heavy atom. The second kappa shape index (κ2) is 6.84. The van der Waals surface area contributed by atoms with E-state index in [0.717, 1.165) is 0 Å². The van der Waals surface area contributed by atoms with E-state index in [4.69, 9.17) is 4.74 Å². The molecule has 1 aliphatic heterocycles. The van der Waals surface area contributed by atoms with Crippen LogP contribution in [0.3, 0.4) is 0 Å². The lowest BCUT2D eigenvalue weighted by atomic mass is 9.92. The number of halogens is 1. The van der Waals surface area contributed by atoms with Crippen LogP contribution in [-0.2, 0) is 19.1 Å². The maximum absolute atomic E-state index is 14.4. The number of rotatable bonds is 4. The molecule has 2 aromatic rings. The Kier molecular flexibility index (Phi) is 4.61. The number of nitrogens with zero attached hydrogens (tertiary/aromatic N) is 1. The lowest BCUT2D eigenvalue weighted by Crippen LogP contribution is -2.31. The first kappa shape index (κ1) is 16.8. The molecule has 1 heterocycles. The van der Waals surface area contributed by atoms with Gasteiger partial charge >= 0.3 is 5.97 Å². The molecule has 0 N–H and O–H groups in total. The first-order valence-corrected chi connectivity index (χ1v) is 7.89. The summed E-state index contributed by atoms with van der Waals surface area (Å²) in [6, 6.07) is 13.1. The van der Waals surface area contributed by atoms with Gasteiger partial charge in [0.1, 0.15) is 11.7 Å². The fourth-order valence-electron chi connectivity index (χ4n) is 3.04. The summed E-state index contributed by atoms with van der Waals surface area (Å²) in [5.74, 6) is -4.56. The molecule has 0 aliphatic carbocycles. The first-order chi connectivity index (χ1) is 12.1. The van der Waals surface area contributed by atoms with E-state index in [-0.39, 0.29) is 12.2 Å². The number of hydrogen-bond acceptors (Lipinski definition) is 4. The van der Waals surface area contributed by atoms with Gasteiger partial charge < -0.3 is 4.74 Å². The van der Waals surface area contributed by atoms with E-state index in [1.165, 1.54) is 23.1 Å². The van der Waals surface area contributed by atoms with E-state index >= 15 is 0 Å². The van der Waals surface area contributed by atoms with E-state index in [2.05, 4.69) is 0 Å². The minimum atomic E-state index is -1.40. The molecule has 2 aromatic carbocycles. The van der Waals surface area contributed by atoms with Crippen molar-refractivity contribution in [2.45, 2.75) is 13.0 Å². The fraction of sp³-hybridized carbons (Fsp3) is 0.211. The van der Waals surface area contributed by atoms with Crippen molar-refractivity contribution < 1.29 is 23.5 Å². The maximum Gasteiger partial charge on any atom is 0.319 e. The molecule has 1 saturated heterocycles. The van der Waals surface area contributed by atoms with Crippen LogP contribution in [0.2, 0.25) is 0 Å². The summed E-state index contributed by atoms with van der Waals surface area (Å²) in [4.78, 5) is 38.5. The fourth-order valence-corrected chi connectivity index (χ4v) is 3.04. The summed E-state index contributed by atoms with van der Waals surface area (Å²) in [7, 11) is 0. The third-order valence-electron chi connectivity index (χ3n) is 4.10. The van der Waals surface area contributed by atoms with Gasteiger partial charge in [0.05, 0.1) is 12.6 Å². The summed E-state index contributed by atoms with van der Waals surface area (Å²) in [5, 5.41) is 0. The van der Waals surface area contributed by atoms with Crippen molar-refractivity contribution in [2.24, 2.45) is 5.92 Å². The summed E-state index contributed by atoms with van der Waals surface area (Å²) in [5.41, 5.74) is 0.518. The van der Waals surface area contributed by atoms with Gasteiger partial charge in [0, 0.05) is 11.3 Å². The van der Waals surface area contributed by atoms with Gasteiger partial charge in [0.25, 0.3) is 5.91 Å². The van der Waals surface area contributed by atoms with Crippen LogP contribution in [0.5, 0.6) is 0 Å². The highest BCUT2D eigenvalue weighted by atomic mass is 19.1. The molecule has 0 radical (unpaired) electrons. The molecule has 1 aliphatic rings. The Labute approximate surface area is 144 Å².